The van der Waals surface area contributed by atoms with Crippen LogP contribution in [0.1, 0.15) is 27.0 Å². The molecule has 0 aliphatic rings. The number of amides is 1. The van der Waals surface area contributed by atoms with E-state index in [9.17, 15) is 13.2 Å². The maximum absolute atomic E-state index is 13.5. The van der Waals surface area contributed by atoms with Crippen LogP contribution in [0.4, 0.5) is 5.69 Å². The molecule has 0 spiro atoms. The second-order valence-corrected chi connectivity index (χ2v) is 9.81. The predicted molar refractivity (Wildman–Crippen MR) is 135 cm³/mol. The second-order valence-electron chi connectivity index (χ2n) is 8.13. The SMILES string of the molecule is Cc1ccc(S(=O)(=O)Nc2cccc(C(=O)N(Cc3ccccc3)Cc3ccccc3)c2)cc1. The summed E-state index contributed by atoms with van der Waals surface area (Å²) in [4.78, 5) is 15.5. The second kappa shape index (κ2) is 10.4. The molecule has 1 amide bonds. The van der Waals surface area contributed by atoms with Crippen LogP contribution in [0.25, 0.3) is 0 Å². The molecule has 1 N–H and O–H groups in total. The van der Waals surface area contributed by atoms with Crippen LogP contribution in [0.3, 0.4) is 0 Å². The lowest BCUT2D eigenvalue weighted by molar-refractivity contribution is 0.0730. The Morgan fingerprint density at radius 3 is 1.85 bits per heavy atom. The summed E-state index contributed by atoms with van der Waals surface area (Å²) in [6.45, 7) is 2.78. The Balaban J connectivity index is 1.59. The molecule has 4 aromatic carbocycles. The van der Waals surface area contributed by atoms with E-state index in [1.165, 1.54) is 0 Å². The predicted octanol–water partition coefficient (Wildman–Crippen LogP) is 5.64. The minimum Gasteiger partial charge on any atom is -0.330 e. The number of rotatable bonds is 8. The van der Waals surface area contributed by atoms with Crippen molar-refractivity contribution < 1.29 is 13.2 Å². The Morgan fingerprint density at radius 1 is 0.735 bits per heavy atom. The Labute approximate surface area is 200 Å². The Kier molecular flexibility index (Phi) is 7.09. The minimum absolute atomic E-state index is 0.171. The molecule has 0 bridgehead atoms. The first-order valence-corrected chi connectivity index (χ1v) is 12.5. The summed E-state index contributed by atoms with van der Waals surface area (Å²) < 4.78 is 28.2. The molecule has 0 aromatic heterocycles. The quantitative estimate of drug-likeness (QED) is 0.362. The van der Waals surface area contributed by atoms with E-state index in [1.54, 1.807) is 53.4 Å². The fraction of sp³-hybridized carbons (Fsp3) is 0.107. The van der Waals surface area contributed by atoms with Gasteiger partial charge in [0.1, 0.15) is 0 Å². The minimum atomic E-state index is -3.76. The van der Waals surface area contributed by atoms with Crippen LogP contribution >= 0.6 is 0 Å². The third kappa shape index (κ3) is 5.91. The fourth-order valence-corrected chi connectivity index (χ4v) is 4.69. The summed E-state index contributed by atoms with van der Waals surface area (Å²) in [6, 6.07) is 32.8. The molecular weight excluding hydrogens is 444 g/mol. The molecule has 0 saturated carbocycles. The monoisotopic (exact) mass is 470 g/mol. The zero-order valence-corrected chi connectivity index (χ0v) is 19.7. The molecule has 34 heavy (non-hydrogen) atoms. The number of carbonyl (C=O) groups excluding carboxylic acids is 1. The smallest absolute Gasteiger partial charge is 0.261 e. The van der Waals surface area contributed by atoms with E-state index in [2.05, 4.69) is 4.72 Å². The van der Waals surface area contributed by atoms with Crippen molar-refractivity contribution in [2.75, 3.05) is 4.72 Å². The molecule has 0 aliphatic heterocycles. The van der Waals surface area contributed by atoms with Crippen LogP contribution in [0.5, 0.6) is 0 Å². The van der Waals surface area contributed by atoms with Crippen LogP contribution in [0.2, 0.25) is 0 Å². The zero-order valence-electron chi connectivity index (χ0n) is 18.9. The standard InChI is InChI=1S/C28H26N2O3S/c1-22-15-17-27(18-16-22)34(32,33)29-26-14-8-13-25(19-26)28(31)30(20-23-9-4-2-5-10-23)21-24-11-6-3-7-12-24/h2-19,29H,20-21H2,1H3. The van der Waals surface area contributed by atoms with Gasteiger partial charge in [-0.05, 0) is 48.4 Å². The van der Waals surface area contributed by atoms with Gasteiger partial charge in [0.05, 0.1) is 4.90 Å². The first-order chi connectivity index (χ1) is 16.4. The largest absolute Gasteiger partial charge is 0.330 e. The summed E-state index contributed by atoms with van der Waals surface area (Å²) in [5.41, 5.74) is 3.76. The normalized spacial score (nSPS) is 11.1. The van der Waals surface area contributed by atoms with Crippen LogP contribution in [-0.2, 0) is 23.1 Å². The van der Waals surface area contributed by atoms with Gasteiger partial charge in [0.2, 0.25) is 0 Å². The highest BCUT2D eigenvalue weighted by molar-refractivity contribution is 7.92. The topological polar surface area (TPSA) is 66.5 Å². The summed E-state index contributed by atoms with van der Waals surface area (Å²) in [5, 5.41) is 0. The first kappa shape index (κ1) is 23.3. The van der Waals surface area contributed by atoms with E-state index >= 15 is 0 Å². The van der Waals surface area contributed by atoms with E-state index in [4.69, 9.17) is 0 Å². The van der Waals surface area contributed by atoms with Crippen molar-refractivity contribution in [2.45, 2.75) is 24.9 Å². The van der Waals surface area contributed by atoms with Crippen molar-refractivity contribution in [2.24, 2.45) is 0 Å². The summed E-state index contributed by atoms with van der Waals surface area (Å²) in [5.74, 6) is -0.177. The van der Waals surface area contributed by atoms with Crippen molar-refractivity contribution in [3.8, 4) is 0 Å². The number of sulfonamides is 1. The molecule has 0 heterocycles. The van der Waals surface area contributed by atoms with Gasteiger partial charge in [0.25, 0.3) is 15.9 Å². The summed E-state index contributed by atoms with van der Waals surface area (Å²) >= 11 is 0. The van der Waals surface area contributed by atoms with Gasteiger partial charge >= 0.3 is 0 Å². The Hall–Kier alpha value is -3.90. The summed E-state index contributed by atoms with van der Waals surface area (Å²) in [7, 11) is -3.76. The zero-order chi connectivity index (χ0) is 24.0. The molecule has 6 heteroatoms. The molecule has 0 aliphatic carbocycles. The molecule has 172 valence electrons. The van der Waals surface area contributed by atoms with Crippen LogP contribution in [0.15, 0.2) is 114 Å². The van der Waals surface area contributed by atoms with Gasteiger partial charge in [0, 0.05) is 24.3 Å². The number of hydrogen-bond acceptors (Lipinski definition) is 3. The number of benzene rings is 4. The molecule has 0 saturated heterocycles. The first-order valence-electron chi connectivity index (χ1n) is 11.0. The van der Waals surface area contributed by atoms with Gasteiger partial charge in [-0.1, -0.05) is 84.4 Å². The molecule has 0 atom stereocenters. The molecule has 5 nitrogen and oxygen atoms in total. The third-order valence-electron chi connectivity index (χ3n) is 5.41. The Morgan fingerprint density at radius 2 is 1.29 bits per heavy atom. The molecule has 0 radical (unpaired) electrons. The van der Waals surface area contributed by atoms with Gasteiger partial charge in [0.15, 0.2) is 0 Å². The fourth-order valence-electron chi connectivity index (χ4n) is 3.64. The lowest BCUT2D eigenvalue weighted by Crippen LogP contribution is -2.30. The average molecular weight is 471 g/mol. The number of carbonyl (C=O) groups is 1. The number of hydrogen-bond donors (Lipinski definition) is 1. The number of anilines is 1. The van der Waals surface area contributed by atoms with E-state index in [1.807, 2.05) is 67.6 Å². The van der Waals surface area contributed by atoms with Crippen molar-refractivity contribution in [3.05, 3.63) is 131 Å². The van der Waals surface area contributed by atoms with E-state index in [0.717, 1.165) is 16.7 Å². The molecular formula is C28H26N2O3S. The lowest BCUT2D eigenvalue weighted by atomic mass is 10.1. The van der Waals surface area contributed by atoms with Crippen molar-refractivity contribution in [1.29, 1.82) is 0 Å². The van der Waals surface area contributed by atoms with E-state index < -0.39 is 10.0 Å². The number of nitrogens with one attached hydrogen (secondary N) is 1. The van der Waals surface area contributed by atoms with Crippen molar-refractivity contribution >= 4 is 21.6 Å². The van der Waals surface area contributed by atoms with E-state index in [-0.39, 0.29) is 10.8 Å². The van der Waals surface area contributed by atoms with Crippen LogP contribution < -0.4 is 4.72 Å². The van der Waals surface area contributed by atoms with E-state index in [0.29, 0.717) is 24.3 Å². The highest BCUT2D eigenvalue weighted by Crippen LogP contribution is 2.20. The summed E-state index contributed by atoms with van der Waals surface area (Å²) in [6.07, 6.45) is 0. The van der Waals surface area contributed by atoms with Gasteiger partial charge in [-0.2, -0.15) is 0 Å². The van der Waals surface area contributed by atoms with Crippen molar-refractivity contribution in [1.82, 2.24) is 4.90 Å². The molecule has 0 fully saturated rings. The maximum atomic E-state index is 13.5. The third-order valence-corrected chi connectivity index (χ3v) is 6.81. The highest BCUT2D eigenvalue weighted by Gasteiger charge is 2.19. The van der Waals surface area contributed by atoms with Gasteiger partial charge in [-0.3, -0.25) is 9.52 Å². The van der Waals surface area contributed by atoms with Crippen molar-refractivity contribution in [3.63, 3.8) is 0 Å². The van der Waals surface area contributed by atoms with Crippen LogP contribution in [-0.4, -0.2) is 19.2 Å². The maximum Gasteiger partial charge on any atom is 0.261 e. The average Bonchev–Trinajstić information content (AvgIpc) is 2.85. The van der Waals surface area contributed by atoms with Gasteiger partial charge in [-0.15, -0.1) is 0 Å². The van der Waals surface area contributed by atoms with Gasteiger partial charge in [-0.25, -0.2) is 8.42 Å². The van der Waals surface area contributed by atoms with Crippen LogP contribution in [0, 0.1) is 6.92 Å². The Bertz CT molecular complexity index is 1310. The highest BCUT2D eigenvalue weighted by atomic mass is 32.2. The lowest BCUT2D eigenvalue weighted by Gasteiger charge is -2.23. The number of nitrogens with zero attached hydrogens (tertiary/aromatic N) is 1. The van der Waals surface area contributed by atoms with Gasteiger partial charge < -0.3 is 4.90 Å². The molecule has 4 rings (SSSR count). The molecule has 4 aromatic rings. The molecule has 0 unspecified atom stereocenters. The number of aryl methyl sites for hydroxylation is 1.